The molecule has 0 aliphatic rings. The van der Waals surface area contributed by atoms with E-state index in [0.29, 0.717) is 15.8 Å². The largest absolute Gasteiger partial charge is 0.399 e. The molecular formula is C13H13BrN2O2S2. The number of thioether (sulfide) groups is 1. The van der Waals surface area contributed by atoms with Crippen molar-refractivity contribution in [2.75, 3.05) is 16.7 Å². The van der Waals surface area contributed by atoms with E-state index in [9.17, 15) is 8.42 Å². The molecule has 0 aliphatic carbocycles. The molecule has 2 rings (SSSR count). The summed E-state index contributed by atoms with van der Waals surface area (Å²) >= 11 is 4.71. The molecule has 0 radical (unpaired) electrons. The molecule has 0 atom stereocenters. The Morgan fingerprint density at radius 1 is 1.20 bits per heavy atom. The van der Waals surface area contributed by atoms with E-state index in [1.54, 1.807) is 24.3 Å². The summed E-state index contributed by atoms with van der Waals surface area (Å²) in [4.78, 5) is 0.976. The molecule has 20 heavy (non-hydrogen) atoms. The van der Waals surface area contributed by atoms with Crippen molar-refractivity contribution in [3.05, 3.63) is 46.9 Å². The summed E-state index contributed by atoms with van der Waals surface area (Å²) in [7, 11) is -3.69. The SMILES string of the molecule is CSc1ccccc1NS(=O)(=O)c1cc(N)ccc1Br. The predicted molar refractivity (Wildman–Crippen MR) is 87.6 cm³/mol. The number of sulfonamides is 1. The van der Waals surface area contributed by atoms with Gasteiger partial charge >= 0.3 is 0 Å². The van der Waals surface area contributed by atoms with Gasteiger partial charge in [0.05, 0.1) is 5.69 Å². The molecule has 0 saturated carbocycles. The van der Waals surface area contributed by atoms with Crippen LogP contribution in [0.25, 0.3) is 0 Å². The van der Waals surface area contributed by atoms with Crippen molar-refractivity contribution in [2.24, 2.45) is 0 Å². The van der Waals surface area contributed by atoms with Crippen LogP contribution >= 0.6 is 27.7 Å². The van der Waals surface area contributed by atoms with Crippen LogP contribution in [0.2, 0.25) is 0 Å². The number of anilines is 2. The normalized spacial score (nSPS) is 11.3. The number of hydrogen-bond acceptors (Lipinski definition) is 4. The summed E-state index contributed by atoms with van der Waals surface area (Å²) in [5, 5.41) is 0. The highest BCUT2D eigenvalue weighted by atomic mass is 79.9. The van der Waals surface area contributed by atoms with Gasteiger partial charge in [0.25, 0.3) is 10.0 Å². The fourth-order valence-electron chi connectivity index (χ4n) is 1.65. The van der Waals surface area contributed by atoms with Crippen LogP contribution in [0.3, 0.4) is 0 Å². The van der Waals surface area contributed by atoms with Crippen molar-refractivity contribution in [3.63, 3.8) is 0 Å². The van der Waals surface area contributed by atoms with E-state index in [4.69, 9.17) is 5.73 Å². The fraction of sp³-hybridized carbons (Fsp3) is 0.0769. The first-order chi connectivity index (χ1) is 9.44. The molecule has 0 amide bonds. The zero-order chi connectivity index (χ0) is 14.8. The number of nitrogen functional groups attached to an aromatic ring is 1. The third kappa shape index (κ3) is 3.28. The molecule has 0 spiro atoms. The van der Waals surface area contributed by atoms with Gasteiger partial charge in [0.15, 0.2) is 0 Å². The van der Waals surface area contributed by atoms with Crippen LogP contribution in [0.5, 0.6) is 0 Å². The van der Waals surface area contributed by atoms with E-state index < -0.39 is 10.0 Å². The van der Waals surface area contributed by atoms with Crippen molar-refractivity contribution < 1.29 is 8.42 Å². The fourth-order valence-corrected chi connectivity index (χ4v) is 4.35. The van der Waals surface area contributed by atoms with E-state index in [1.807, 2.05) is 18.4 Å². The number of nitrogens with one attached hydrogen (secondary N) is 1. The summed E-state index contributed by atoms with van der Waals surface area (Å²) < 4.78 is 27.9. The Bertz CT molecular complexity index is 733. The first-order valence-electron chi connectivity index (χ1n) is 5.65. The van der Waals surface area contributed by atoms with Gasteiger partial charge in [0.2, 0.25) is 0 Å². The van der Waals surface area contributed by atoms with Gasteiger partial charge in [0.1, 0.15) is 4.90 Å². The van der Waals surface area contributed by atoms with E-state index in [2.05, 4.69) is 20.7 Å². The van der Waals surface area contributed by atoms with Gasteiger partial charge in [-0.25, -0.2) is 8.42 Å². The lowest BCUT2D eigenvalue weighted by molar-refractivity contribution is 0.600. The molecule has 0 bridgehead atoms. The van der Waals surface area contributed by atoms with Gasteiger partial charge < -0.3 is 5.73 Å². The topological polar surface area (TPSA) is 72.2 Å². The second kappa shape index (κ2) is 6.07. The summed E-state index contributed by atoms with van der Waals surface area (Å²) in [6, 6.07) is 11.9. The predicted octanol–water partition coefficient (Wildman–Crippen LogP) is 3.55. The van der Waals surface area contributed by atoms with Crippen LogP contribution in [0.4, 0.5) is 11.4 Å². The number of para-hydroxylation sites is 1. The van der Waals surface area contributed by atoms with Crippen molar-refractivity contribution in [2.45, 2.75) is 9.79 Å². The lowest BCUT2D eigenvalue weighted by atomic mass is 10.3. The monoisotopic (exact) mass is 372 g/mol. The molecule has 3 N–H and O–H groups in total. The molecule has 0 aliphatic heterocycles. The van der Waals surface area contributed by atoms with Crippen molar-refractivity contribution >= 4 is 49.1 Å². The molecule has 0 saturated heterocycles. The molecule has 2 aromatic carbocycles. The molecule has 0 unspecified atom stereocenters. The van der Waals surface area contributed by atoms with E-state index in [-0.39, 0.29) is 4.90 Å². The zero-order valence-corrected chi connectivity index (χ0v) is 13.8. The average Bonchev–Trinajstić information content (AvgIpc) is 2.41. The Balaban J connectivity index is 2.43. The highest BCUT2D eigenvalue weighted by Gasteiger charge is 2.19. The zero-order valence-electron chi connectivity index (χ0n) is 10.6. The number of nitrogens with two attached hydrogens (primary N) is 1. The minimum Gasteiger partial charge on any atom is -0.399 e. The van der Waals surface area contributed by atoms with Gasteiger partial charge in [-0.05, 0) is 52.5 Å². The quantitative estimate of drug-likeness (QED) is 0.635. The van der Waals surface area contributed by atoms with Crippen LogP contribution < -0.4 is 10.5 Å². The molecule has 0 fully saturated rings. The average molecular weight is 373 g/mol. The maximum absolute atomic E-state index is 12.4. The molecule has 4 nitrogen and oxygen atoms in total. The first kappa shape index (κ1) is 15.2. The number of hydrogen-bond donors (Lipinski definition) is 2. The molecular weight excluding hydrogens is 360 g/mol. The van der Waals surface area contributed by atoms with Gasteiger partial charge in [-0.2, -0.15) is 0 Å². The number of rotatable bonds is 4. The van der Waals surface area contributed by atoms with Crippen LogP contribution in [0, 0.1) is 0 Å². The molecule has 7 heteroatoms. The van der Waals surface area contributed by atoms with E-state index in [1.165, 1.54) is 17.8 Å². The smallest absolute Gasteiger partial charge is 0.263 e. The van der Waals surface area contributed by atoms with Crippen LogP contribution in [0.15, 0.2) is 56.7 Å². The Morgan fingerprint density at radius 3 is 2.60 bits per heavy atom. The van der Waals surface area contributed by atoms with Crippen molar-refractivity contribution in [3.8, 4) is 0 Å². The van der Waals surface area contributed by atoms with Crippen molar-refractivity contribution in [1.29, 1.82) is 0 Å². The maximum Gasteiger partial charge on any atom is 0.263 e. The Morgan fingerprint density at radius 2 is 1.90 bits per heavy atom. The third-order valence-electron chi connectivity index (χ3n) is 2.60. The standard InChI is InChI=1S/C13H13BrN2O2S2/c1-19-12-5-3-2-4-11(12)16-20(17,18)13-8-9(15)6-7-10(13)14/h2-8,16H,15H2,1H3. The second-order valence-electron chi connectivity index (χ2n) is 4.00. The number of halogens is 1. The molecule has 2 aromatic rings. The van der Waals surface area contributed by atoms with Gasteiger partial charge in [0, 0.05) is 15.1 Å². The second-order valence-corrected chi connectivity index (χ2v) is 7.35. The molecule has 106 valence electrons. The highest BCUT2D eigenvalue weighted by molar-refractivity contribution is 9.10. The lowest BCUT2D eigenvalue weighted by Crippen LogP contribution is -2.14. The number of benzene rings is 2. The van der Waals surface area contributed by atoms with Gasteiger partial charge in [-0.15, -0.1) is 11.8 Å². The van der Waals surface area contributed by atoms with Crippen LogP contribution in [-0.4, -0.2) is 14.7 Å². The Labute approximate surface area is 130 Å². The third-order valence-corrected chi connectivity index (χ3v) is 5.75. The van der Waals surface area contributed by atoms with Crippen LogP contribution in [-0.2, 0) is 10.0 Å². The Hall–Kier alpha value is -1.18. The highest BCUT2D eigenvalue weighted by Crippen LogP contribution is 2.30. The summed E-state index contributed by atoms with van der Waals surface area (Å²) in [6.07, 6.45) is 1.89. The molecule has 0 heterocycles. The Kier molecular flexibility index (Phi) is 4.62. The van der Waals surface area contributed by atoms with E-state index in [0.717, 1.165) is 4.90 Å². The van der Waals surface area contributed by atoms with Gasteiger partial charge in [-0.1, -0.05) is 12.1 Å². The minimum absolute atomic E-state index is 0.119. The van der Waals surface area contributed by atoms with E-state index >= 15 is 0 Å². The lowest BCUT2D eigenvalue weighted by Gasteiger charge is -2.12. The summed E-state index contributed by atoms with van der Waals surface area (Å²) in [5.74, 6) is 0. The first-order valence-corrected chi connectivity index (χ1v) is 9.15. The van der Waals surface area contributed by atoms with Crippen molar-refractivity contribution in [1.82, 2.24) is 0 Å². The molecule has 0 aromatic heterocycles. The minimum atomic E-state index is -3.69. The van der Waals surface area contributed by atoms with Gasteiger partial charge in [-0.3, -0.25) is 4.72 Å². The maximum atomic E-state index is 12.4. The van der Waals surface area contributed by atoms with Crippen LogP contribution in [0.1, 0.15) is 0 Å². The summed E-state index contributed by atoms with van der Waals surface area (Å²) in [6.45, 7) is 0. The summed E-state index contributed by atoms with van der Waals surface area (Å²) in [5.41, 5.74) is 6.60.